The summed E-state index contributed by atoms with van der Waals surface area (Å²) in [6, 6.07) is 12.7. The number of carbonyl (C=O) groups excluding carboxylic acids is 1. The molecule has 0 saturated heterocycles. The van der Waals surface area contributed by atoms with Gasteiger partial charge in [-0.1, -0.05) is 44.5 Å². The summed E-state index contributed by atoms with van der Waals surface area (Å²) in [5.41, 5.74) is 0.740. The van der Waals surface area contributed by atoms with Crippen LogP contribution < -0.4 is 8.92 Å². The zero-order chi connectivity index (χ0) is 21.8. The summed E-state index contributed by atoms with van der Waals surface area (Å²) in [4.78, 5) is 12.4. The zero-order valence-electron chi connectivity index (χ0n) is 17.0. The maximum absolute atomic E-state index is 12.5. The molecule has 152 valence electrons. The summed E-state index contributed by atoms with van der Waals surface area (Å²) < 4.78 is 35.5. The van der Waals surface area contributed by atoms with E-state index in [1.807, 2.05) is 13.0 Å². The first kappa shape index (κ1) is 22.2. The van der Waals surface area contributed by atoms with Crippen molar-refractivity contribution < 1.29 is 22.1 Å². The summed E-state index contributed by atoms with van der Waals surface area (Å²) in [5.74, 6) is -0.123. The number of methoxy groups -OCH3 is 1. The van der Waals surface area contributed by atoms with Crippen molar-refractivity contribution in [3.8, 4) is 17.6 Å². The van der Waals surface area contributed by atoms with Crippen LogP contribution in [0.5, 0.6) is 11.5 Å². The molecule has 0 saturated carbocycles. The van der Waals surface area contributed by atoms with Gasteiger partial charge in [0.05, 0.1) is 12.7 Å². The van der Waals surface area contributed by atoms with Gasteiger partial charge in [-0.2, -0.15) is 13.7 Å². The second-order valence-electron chi connectivity index (χ2n) is 7.51. The van der Waals surface area contributed by atoms with Gasteiger partial charge in [0.15, 0.2) is 17.3 Å². The molecule has 0 N–H and O–H groups in total. The fraction of sp³-hybridized carbons (Fsp3) is 0.273. The van der Waals surface area contributed by atoms with Crippen molar-refractivity contribution in [3.63, 3.8) is 0 Å². The van der Waals surface area contributed by atoms with Crippen molar-refractivity contribution in [2.75, 3.05) is 7.11 Å². The quantitative estimate of drug-likeness (QED) is 0.398. The number of allylic oxidation sites excluding steroid dienone is 1. The second-order valence-corrected chi connectivity index (χ2v) is 9.06. The molecule has 0 aliphatic rings. The third-order valence-electron chi connectivity index (χ3n) is 4.05. The minimum absolute atomic E-state index is 0.000461. The van der Waals surface area contributed by atoms with Crippen LogP contribution in [0.4, 0.5) is 0 Å². The molecule has 0 bridgehead atoms. The number of ketones is 1. The standard InChI is InChI=1S/C22H23NO5S/c1-15-6-9-18(10-7-15)29(25,26)28-19-11-8-16(13-20(19)27-5)12-17(14-23)21(24)22(2,3)4/h6-13H,1-5H3/b17-12+. The van der Waals surface area contributed by atoms with Crippen LogP contribution in [-0.4, -0.2) is 21.3 Å². The van der Waals surface area contributed by atoms with E-state index in [9.17, 15) is 18.5 Å². The van der Waals surface area contributed by atoms with Crippen molar-refractivity contribution in [3.05, 3.63) is 59.2 Å². The van der Waals surface area contributed by atoms with Crippen molar-refractivity contribution in [2.45, 2.75) is 32.6 Å². The highest BCUT2D eigenvalue weighted by Gasteiger charge is 2.25. The summed E-state index contributed by atoms with van der Waals surface area (Å²) in [6.07, 6.45) is 1.44. The summed E-state index contributed by atoms with van der Waals surface area (Å²) >= 11 is 0. The summed E-state index contributed by atoms with van der Waals surface area (Å²) in [7, 11) is -2.66. The van der Waals surface area contributed by atoms with Gasteiger partial charge < -0.3 is 8.92 Å². The maximum atomic E-state index is 12.5. The van der Waals surface area contributed by atoms with Crippen LogP contribution in [-0.2, 0) is 14.9 Å². The molecule has 0 aromatic heterocycles. The number of ether oxygens (including phenoxy) is 1. The van der Waals surface area contributed by atoms with Crippen LogP contribution in [0.3, 0.4) is 0 Å². The Bertz CT molecular complexity index is 1090. The normalized spacial score (nSPS) is 12.2. The number of nitrogens with zero attached hydrogens (tertiary/aromatic N) is 1. The van der Waals surface area contributed by atoms with Gasteiger partial charge >= 0.3 is 10.1 Å². The highest BCUT2D eigenvalue weighted by atomic mass is 32.2. The molecular formula is C22H23NO5S. The lowest BCUT2D eigenvalue weighted by Gasteiger charge is -2.15. The highest BCUT2D eigenvalue weighted by Crippen LogP contribution is 2.32. The van der Waals surface area contributed by atoms with E-state index < -0.39 is 15.5 Å². The van der Waals surface area contributed by atoms with E-state index >= 15 is 0 Å². The number of rotatable bonds is 6. The van der Waals surface area contributed by atoms with Crippen molar-refractivity contribution in [1.82, 2.24) is 0 Å². The first-order chi connectivity index (χ1) is 13.5. The number of benzene rings is 2. The van der Waals surface area contributed by atoms with E-state index in [0.717, 1.165) is 5.56 Å². The molecule has 2 aromatic rings. The SMILES string of the molecule is COc1cc(/C=C(\C#N)C(=O)C(C)(C)C)ccc1OS(=O)(=O)c1ccc(C)cc1. The van der Waals surface area contributed by atoms with Crippen LogP contribution >= 0.6 is 0 Å². The van der Waals surface area contributed by atoms with Gasteiger partial charge in [0.25, 0.3) is 0 Å². The summed E-state index contributed by atoms with van der Waals surface area (Å²) in [6.45, 7) is 7.04. The Labute approximate surface area is 171 Å². The maximum Gasteiger partial charge on any atom is 0.339 e. The van der Waals surface area contributed by atoms with Gasteiger partial charge in [-0.3, -0.25) is 4.79 Å². The lowest BCUT2D eigenvalue weighted by molar-refractivity contribution is -0.121. The van der Waals surface area contributed by atoms with E-state index in [1.54, 1.807) is 39.0 Å². The number of hydrogen-bond acceptors (Lipinski definition) is 6. The number of aryl methyl sites for hydroxylation is 1. The van der Waals surface area contributed by atoms with E-state index in [-0.39, 0.29) is 27.8 Å². The van der Waals surface area contributed by atoms with Gasteiger partial charge in [-0.05, 0) is 42.8 Å². The Hall–Kier alpha value is -3.11. The molecule has 0 spiro atoms. The molecule has 0 atom stereocenters. The van der Waals surface area contributed by atoms with Crippen molar-refractivity contribution >= 4 is 22.0 Å². The third kappa shape index (κ3) is 5.46. The molecular weight excluding hydrogens is 390 g/mol. The van der Waals surface area contributed by atoms with Gasteiger partial charge in [0.2, 0.25) is 0 Å². The smallest absolute Gasteiger partial charge is 0.339 e. The van der Waals surface area contributed by atoms with Gasteiger partial charge in [-0.15, -0.1) is 0 Å². The first-order valence-corrected chi connectivity index (χ1v) is 10.2. The summed E-state index contributed by atoms with van der Waals surface area (Å²) in [5, 5.41) is 9.33. The largest absolute Gasteiger partial charge is 0.493 e. The number of nitriles is 1. The van der Waals surface area contributed by atoms with E-state index in [4.69, 9.17) is 8.92 Å². The lowest BCUT2D eigenvalue weighted by atomic mass is 9.86. The molecule has 0 heterocycles. The Morgan fingerprint density at radius 3 is 2.21 bits per heavy atom. The average molecular weight is 413 g/mol. The van der Waals surface area contributed by atoms with Crippen LogP contribution in [0, 0.1) is 23.7 Å². The number of hydrogen-bond donors (Lipinski definition) is 0. The first-order valence-electron chi connectivity index (χ1n) is 8.84. The molecule has 2 rings (SSSR count). The molecule has 0 fully saturated rings. The average Bonchev–Trinajstić information content (AvgIpc) is 2.66. The zero-order valence-corrected chi connectivity index (χ0v) is 17.8. The number of carbonyl (C=O) groups is 1. The van der Waals surface area contributed by atoms with Crippen LogP contribution in [0.1, 0.15) is 31.9 Å². The van der Waals surface area contributed by atoms with E-state index in [0.29, 0.717) is 5.56 Å². The molecule has 0 amide bonds. The molecule has 7 heteroatoms. The molecule has 0 unspecified atom stereocenters. The molecule has 0 aliphatic carbocycles. The van der Waals surface area contributed by atoms with Crippen LogP contribution in [0.2, 0.25) is 0 Å². The molecule has 0 radical (unpaired) electrons. The minimum atomic E-state index is -4.04. The van der Waals surface area contributed by atoms with Crippen molar-refractivity contribution in [2.24, 2.45) is 5.41 Å². The number of Topliss-reactive ketones (excluding diaryl/α,β-unsaturated/α-hetero) is 1. The van der Waals surface area contributed by atoms with Gasteiger partial charge in [0.1, 0.15) is 11.0 Å². The monoisotopic (exact) mass is 413 g/mol. The fourth-order valence-electron chi connectivity index (χ4n) is 2.43. The van der Waals surface area contributed by atoms with E-state index in [1.165, 1.54) is 37.5 Å². The van der Waals surface area contributed by atoms with Crippen LogP contribution in [0.15, 0.2) is 52.9 Å². The predicted octanol–water partition coefficient (Wildman–Crippen LogP) is 4.29. The van der Waals surface area contributed by atoms with Gasteiger partial charge in [-0.25, -0.2) is 0 Å². The topological polar surface area (TPSA) is 93.5 Å². The van der Waals surface area contributed by atoms with Gasteiger partial charge in [0, 0.05) is 5.41 Å². The predicted molar refractivity (Wildman–Crippen MR) is 110 cm³/mol. The second kappa shape index (κ2) is 8.50. The Balaban J connectivity index is 2.38. The molecule has 6 nitrogen and oxygen atoms in total. The lowest BCUT2D eigenvalue weighted by Crippen LogP contribution is -2.21. The Morgan fingerprint density at radius 2 is 1.69 bits per heavy atom. The Morgan fingerprint density at radius 1 is 1.07 bits per heavy atom. The third-order valence-corrected chi connectivity index (χ3v) is 5.30. The molecule has 2 aromatic carbocycles. The molecule has 0 aliphatic heterocycles. The van der Waals surface area contributed by atoms with Crippen LogP contribution in [0.25, 0.3) is 6.08 Å². The molecule has 29 heavy (non-hydrogen) atoms. The highest BCUT2D eigenvalue weighted by molar-refractivity contribution is 7.87. The fourth-order valence-corrected chi connectivity index (χ4v) is 3.37. The van der Waals surface area contributed by atoms with Crippen molar-refractivity contribution in [1.29, 1.82) is 5.26 Å². The Kier molecular flexibility index (Phi) is 6.50. The minimum Gasteiger partial charge on any atom is -0.493 e. The van der Waals surface area contributed by atoms with E-state index in [2.05, 4.69) is 0 Å².